The molecule has 3 heterocycles. The summed E-state index contributed by atoms with van der Waals surface area (Å²) in [5.41, 5.74) is 2.78. The van der Waals surface area contributed by atoms with Crippen LogP contribution in [0.1, 0.15) is 24.5 Å². The van der Waals surface area contributed by atoms with E-state index in [4.69, 9.17) is 4.74 Å². The summed E-state index contributed by atoms with van der Waals surface area (Å²) in [5.74, 6) is 1.60. The second-order valence-corrected chi connectivity index (χ2v) is 9.91. The van der Waals surface area contributed by atoms with Crippen LogP contribution in [0.2, 0.25) is 0 Å². The van der Waals surface area contributed by atoms with Gasteiger partial charge in [0.05, 0.1) is 16.8 Å². The molecular weight excluding hydrogens is 460 g/mol. The van der Waals surface area contributed by atoms with E-state index in [1.807, 2.05) is 66.4 Å². The Kier molecular flexibility index (Phi) is 6.87. The van der Waals surface area contributed by atoms with E-state index >= 15 is 0 Å². The van der Waals surface area contributed by atoms with E-state index in [0.29, 0.717) is 18.2 Å². The number of hydrogen-bond donors (Lipinski definition) is 1. The highest BCUT2D eigenvalue weighted by Crippen LogP contribution is 2.34. The summed E-state index contributed by atoms with van der Waals surface area (Å²) in [6, 6.07) is 15.8. The number of carbonyl (C=O) groups excluding carboxylic acids is 1. The number of rotatable bonds is 7. The Labute approximate surface area is 208 Å². The molecule has 1 amide bonds. The molecule has 0 spiro atoms. The molecular formula is C26H28N6O2S. The van der Waals surface area contributed by atoms with E-state index in [2.05, 4.69) is 26.3 Å². The molecule has 0 aliphatic carbocycles. The summed E-state index contributed by atoms with van der Waals surface area (Å²) < 4.78 is 7.29. The number of likely N-dealkylation sites (N-methyl/N-ethyl adjacent to an activating group) is 1. The number of nitrogens with zero attached hydrogens (tertiary/aromatic N) is 5. The maximum Gasteiger partial charge on any atom is 0.241 e. The predicted octanol–water partition coefficient (Wildman–Crippen LogP) is 4.89. The lowest BCUT2D eigenvalue weighted by Gasteiger charge is -2.32. The van der Waals surface area contributed by atoms with Gasteiger partial charge < -0.3 is 19.9 Å². The van der Waals surface area contributed by atoms with Gasteiger partial charge in [-0.15, -0.1) is 0 Å². The molecule has 9 heteroatoms. The number of carbonyl (C=O) groups is 1. The van der Waals surface area contributed by atoms with Crippen LogP contribution < -0.4 is 10.1 Å². The number of aromatic nitrogens is 3. The van der Waals surface area contributed by atoms with Crippen LogP contribution >= 0.6 is 11.3 Å². The fraction of sp³-hybridized carbons (Fsp3) is 0.308. The second kappa shape index (κ2) is 10.4. The summed E-state index contributed by atoms with van der Waals surface area (Å²) >= 11 is 1.62. The largest absolute Gasteiger partial charge is 0.437 e. The molecule has 0 unspecified atom stereocenters. The van der Waals surface area contributed by atoms with Crippen molar-refractivity contribution in [2.75, 3.05) is 39.0 Å². The van der Waals surface area contributed by atoms with E-state index < -0.39 is 0 Å². The van der Waals surface area contributed by atoms with Gasteiger partial charge in [0.2, 0.25) is 11.8 Å². The number of likely N-dealkylation sites (tertiary alicyclic amines) is 1. The van der Waals surface area contributed by atoms with Gasteiger partial charge in [-0.2, -0.15) is 0 Å². The molecule has 35 heavy (non-hydrogen) atoms. The fourth-order valence-electron chi connectivity index (χ4n) is 4.23. The first-order valence-corrected chi connectivity index (χ1v) is 12.5. The molecule has 8 nitrogen and oxygen atoms in total. The van der Waals surface area contributed by atoms with Gasteiger partial charge in [-0.05, 0) is 63.3 Å². The van der Waals surface area contributed by atoms with Crippen LogP contribution in [0.15, 0.2) is 60.9 Å². The first kappa shape index (κ1) is 23.2. The van der Waals surface area contributed by atoms with Crippen LogP contribution in [0.25, 0.3) is 10.2 Å². The quantitative estimate of drug-likeness (QED) is 0.397. The Morgan fingerprint density at radius 1 is 1.09 bits per heavy atom. The first-order valence-electron chi connectivity index (χ1n) is 11.7. The highest BCUT2D eigenvalue weighted by Gasteiger charge is 2.27. The molecule has 1 N–H and O–H groups in total. The van der Waals surface area contributed by atoms with Crippen LogP contribution in [-0.4, -0.2) is 64.4 Å². The maximum atomic E-state index is 12.4. The van der Waals surface area contributed by atoms with E-state index in [1.165, 1.54) is 0 Å². The van der Waals surface area contributed by atoms with E-state index in [9.17, 15) is 4.79 Å². The summed E-state index contributed by atoms with van der Waals surface area (Å²) in [4.78, 5) is 29.9. The Bertz CT molecular complexity index is 1270. The minimum atomic E-state index is 0.170. The SMILES string of the molecule is CN(C)CC(=O)N1CCC(c2nccnc2Oc2ccc(Nc3nc4ccccc4s3)cc2)CC1. The van der Waals surface area contributed by atoms with Crippen molar-refractivity contribution in [3.05, 3.63) is 66.6 Å². The Morgan fingerprint density at radius 2 is 1.83 bits per heavy atom. The van der Waals surface area contributed by atoms with Gasteiger partial charge in [-0.1, -0.05) is 23.5 Å². The van der Waals surface area contributed by atoms with Crippen LogP contribution in [-0.2, 0) is 4.79 Å². The number of para-hydroxylation sites is 1. The standard InChI is InChI=1S/C26H28N6O2S/c1-31(2)17-23(33)32-15-11-18(12-16-32)24-25(28-14-13-27-24)34-20-9-7-19(8-10-20)29-26-30-21-5-3-4-6-22(21)35-26/h3-10,13-14,18H,11-12,15-17H2,1-2H3,(H,29,30). The monoisotopic (exact) mass is 488 g/mol. The number of hydrogen-bond acceptors (Lipinski definition) is 8. The van der Waals surface area contributed by atoms with Gasteiger partial charge in [-0.25, -0.2) is 9.97 Å². The van der Waals surface area contributed by atoms with Crippen molar-refractivity contribution in [1.29, 1.82) is 0 Å². The number of nitrogens with one attached hydrogen (secondary N) is 1. The van der Waals surface area contributed by atoms with Crippen LogP contribution in [0.3, 0.4) is 0 Å². The third-order valence-electron chi connectivity index (χ3n) is 5.99. The molecule has 1 aliphatic heterocycles. The molecule has 0 bridgehead atoms. The molecule has 0 atom stereocenters. The lowest BCUT2D eigenvalue weighted by Crippen LogP contribution is -2.42. The topological polar surface area (TPSA) is 83.5 Å². The normalized spacial score (nSPS) is 14.4. The van der Waals surface area contributed by atoms with Gasteiger partial charge >= 0.3 is 0 Å². The zero-order valence-electron chi connectivity index (χ0n) is 19.8. The van der Waals surface area contributed by atoms with Crippen molar-refractivity contribution in [2.45, 2.75) is 18.8 Å². The molecule has 4 aromatic rings. The Balaban J connectivity index is 1.23. The molecule has 1 saturated heterocycles. The van der Waals surface area contributed by atoms with Gasteiger partial charge in [0.1, 0.15) is 11.4 Å². The zero-order valence-corrected chi connectivity index (χ0v) is 20.7. The molecule has 0 saturated carbocycles. The highest BCUT2D eigenvalue weighted by molar-refractivity contribution is 7.22. The average molecular weight is 489 g/mol. The molecule has 180 valence electrons. The molecule has 2 aromatic heterocycles. The molecule has 2 aromatic carbocycles. The van der Waals surface area contributed by atoms with Crippen molar-refractivity contribution >= 4 is 38.3 Å². The second-order valence-electron chi connectivity index (χ2n) is 8.88. The molecule has 5 rings (SSSR count). The van der Waals surface area contributed by atoms with Crippen molar-refractivity contribution in [3.63, 3.8) is 0 Å². The minimum Gasteiger partial charge on any atom is -0.437 e. The lowest BCUT2D eigenvalue weighted by molar-refractivity contribution is -0.132. The summed E-state index contributed by atoms with van der Waals surface area (Å²) in [6.45, 7) is 1.88. The van der Waals surface area contributed by atoms with Gasteiger partial charge in [0, 0.05) is 37.1 Å². The first-order chi connectivity index (χ1) is 17.0. The average Bonchev–Trinajstić information content (AvgIpc) is 3.28. The van der Waals surface area contributed by atoms with Crippen LogP contribution in [0.4, 0.5) is 10.8 Å². The van der Waals surface area contributed by atoms with Gasteiger partial charge in [0.25, 0.3) is 0 Å². The third kappa shape index (κ3) is 5.58. The number of fused-ring (bicyclic) bond motifs is 1. The summed E-state index contributed by atoms with van der Waals surface area (Å²) in [7, 11) is 3.83. The Hall–Kier alpha value is -3.56. The zero-order chi connectivity index (χ0) is 24.2. The molecule has 1 fully saturated rings. The van der Waals surface area contributed by atoms with Crippen molar-refractivity contribution in [2.24, 2.45) is 0 Å². The minimum absolute atomic E-state index is 0.170. The predicted molar refractivity (Wildman–Crippen MR) is 139 cm³/mol. The van der Waals surface area contributed by atoms with E-state index in [-0.39, 0.29) is 11.8 Å². The number of thiazole rings is 1. The number of anilines is 2. The van der Waals surface area contributed by atoms with Crippen molar-refractivity contribution < 1.29 is 9.53 Å². The highest BCUT2D eigenvalue weighted by atomic mass is 32.1. The van der Waals surface area contributed by atoms with Crippen LogP contribution in [0.5, 0.6) is 11.6 Å². The molecule has 0 radical (unpaired) electrons. The third-order valence-corrected chi connectivity index (χ3v) is 6.94. The number of benzene rings is 2. The summed E-state index contributed by atoms with van der Waals surface area (Å²) in [5, 5.41) is 4.21. The van der Waals surface area contributed by atoms with Crippen molar-refractivity contribution in [3.8, 4) is 11.6 Å². The fourth-order valence-corrected chi connectivity index (χ4v) is 5.12. The number of ether oxygens (including phenoxy) is 1. The lowest BCUT2D eigenvalue weighted by atomic mass is 9.93. The summed E-state index contributed by atoms with van der Waals surface area (Å²) in [6.07, 6.45) is 5.05. The maximum absolute atomic E-state index is 12.4. The van der Waals surface area contributed by atoms with E-state index in [0.717, 1.165) is 52.7 Å². The Morgan fingerprint density at radius 3 is 2.57 bits per heavy atom. The molecule has 1 aliphatic rings. The number of piperidine rings is 1. The van der Waals surface area contributed by atoms with Gasteiger partial charge in [-0.3, -0.25) is 9.78 Å². The van der Waals surface area contributed by atoms with E-state index in [1.54, 1.807) is 23.7 Å². The smallest absolute Gasteiger partial charge is 0.241 e. The van der Waals surface area contributed by atoms with Crippen molar-refractivity contribution in [1.82, 2.24) is 24.8 Å². The van der Waals surface area contributed by atoms with Crippen LogP contribution in [0, 0.1) is 0 Å². The number of amides is 1. The van der Waals surface area contributed by atoms with Gasteiger partial charge in [0.15, 0.2) is 5.13 Å².